The quantitative estimate of drug-likeness (QED) is 0.417. The Morgan fingerprint density at radius 1 is 1.18 bits per heavy atom. The van der Waals surface area contributed by atoms with Crippen LogP contribution >= 0.6 is 12.2 Å². The van der Waals surface area contributed by atoms with Gasteiger partial charge in [0.1, 0.15) is 5.82 Å². The van der Waals surface area contributed by atoms with Crippen LogP contribution in [0.25, 0.3) is 5.82 Å². The predicted octanol–water partition coefficient (Wildman–Crippen LogP) is 4.12. The highest BCUT2D eigenvalue weighted by atomic mass is 32.1. The van der Waals surface area contributed by atoms with Gasteiger partial charge >= 0.3 is 5.97 Å². The van der Waals surface area contributed by atoms with Crippen molar-refractivity contribution in [1.82, 2.24) is 24.8 Å². The number of aryl methyl sites for hydroxylation is 2. The lowest BCUT2D eigenvalue weighted by Crippen LogP contribution is -2.31. The summed E-state index contributed by atoms with van der Waals surface area (Å²) in [5.41, 5.74) is 5.43. The first kappa shape index (κ1) is 22.9. The molecular formula is C25H29N5O2S. The second-order valence-electron chi connectivity index (χ2n) is 8.36. The summed E-state index contributed by atoms with van der Waals surface area (Å²) in [7, 11) is 1.41. The Morgan fingerprint density at radius 2 is 2.00 bits per heavy atom. The number of nitrogens with one attached hydrogen (secondary N) is 1. The maximum Gasteiger partial charge on any atom is 0.305 e. The third kappa shape index (κ3) is 4.61. The molecule has 1 aliphatic heterocycles. The van der Waals surface area contributed by atoms with Gasteiger partial charge in [0.15, 0.2) is 5.11 Å². The van der Waals surface area contributed by atoms with Crippen molar-refractivity contribution in [2.45, 2.75) is 45.7 Å². The molecule has 172 valence electrons. The van der Waals surface area contributed by atoms with Crippen LogP contribution < -0.4 is 5.32 Å². The minimum absolute atomic E-state index is 0.0598. The Hall–Kier alpha value is -3.26. The van der Waals surface area contributed by atoms with E-state index in [1.165, 1.54) is 7.11 Å². The first-order valence-corrected chi connectivity index (χ1v) is 11.5. The van der Waals surface area contributed by atoms with Gasteiger partial charge in [-0.25, -0.2) is 4.98 Å². The smallest absolute Gasteiger partial charge is 0.305 e. The van der Waals surface area contributed by atoms with Crippen LogP contribution in [-0.4, -0.2) is 44.2 Å². The standard InChI is InChI=1S/C25H29N5O2S/c1-16-10-11-21(27-15-16)30-17(2)14-19(18(30)3)24-23(20-8-5-6-12-26-20)28-25(33)29(24)13-7-9-22(31)32-4/h5-6,8,10-12,14-15,23-24H,7,9,13H2,1-4H3,(H,28,33)/t23-,24+/m0/s1. The van der Waals surface area contributed by atoms with E-state index in [4.69, 9.17) is 17.0 Å². The van der Waals surface area contributed by atoms with E-state index in [1.54, 1.807) is 6.20 Å². The molecule has 0 bridgehead atoms. The molecule has 1 saturated heterocycles. The number of methoxy groups -OCH3 is 1. The van der Waals surface area contributed by atoms with Crippen molar-refractivity contribution in [1.29, 1.82) is 0 Å². The van der Waals surface area contributed by atoms with Crippen molar-refractivity contribution in [3.63, 3.8) is 0 Å². The van der Waals surface area contributed by atoms with Crippen LogP contribution in [0.2, 0.25) is 0 Å². The third-order valence-electron chi connectivity index (χ3n) is 6.12. The summed E-state index contributed by atoms with van der Waals surface area (Å²) in [4.78, 5) is 23.1. The Morgan fingerprint density at radius 3 is 2.67 bits per heavy atom. The summed E-state index contributed by atoms with van der Waals surface area (Å²) in [6.45, 7) is 6.89. The number of aromatic nitrogens is 3. The van der Waals surface area contributed by atoms with Crippen molar-refractivity contribution in [3.05, 3.63) is 77.0 Å². The largest absolute Gasteiger partial charge is 0.469 e. The van der Waals surface area contributed by atoms with E-state index >= 15 is 0 Å². The number of rotatable bonds is 7. The van der Waals surface area contributed by atoms with Gasteiger partial charge in [0.05, 0.1) is 24.9 Å². The molecule has 0 unspecified atom stereocenters. The van der Waals surface area contributed by atoms with Crippen LogP contribution in [0.1, 0.15) is 53.1 Å². The molecule has 0 aromatic carbocycles. The normalized spacial score (nSPS) is 17.8. The van der Waals surface area contributed by atoms with Gasteiger partial charge in [-0.15, -0.1) is 0 Å². The van der Waals surface area contributed by atoms with Crippen molar-refractivity contribution in [2.75, 3.05) is 13.7 Å². The van der Waals surface area contributed by atoms with E-state index in [9.17, 15) is 4.79 Å². The van der Waals surface area contributed by atoms with Crippen LogP contribution in [0.5, 0.6) is 0 Å². The van der Waals surface area contributed by atoms with Crippen LogP contribution in [0.15, 0.2) is 48.8 Å². The molecule has 0 aliphatic carbocycles. The lowest BCUT2D eigenvalue weighted by molar-refractivity contribution is -0.140. The Balaban J connectivity index is 1.74. The van der Waals surface area contributed by atoms with E-state index in [-0.39, 0.29) is 18.1 Å². The van der Waals surface area contributed by atoms with Gasteiger partial charge in [0, 0.05) is 36.7 Å². The number of carbonyl (C=O) groups is 1. The number of carbonyl (C=O) groups excluding carboxylic acids is 1. The highest BCUT2D eigenvalue weighted by Gasteiger charge is 2.41. The van der Waals surface area contributed by atoms with Gasteiger partial charge < -0.3 is 19.5 Å². The molecule has 1 fully saturated rings. The van der Waals surface area contributed by atoms with Gasteiger partial charge in [-0.05, 0) is 74.8 Å². The van der Waals surface area contributed by atoms with E-state index in [1.807, 2.05) is 37.4 Å². The molecule has 1 N–H and O–H groups in total. The highest BCUT2D eigenvalue weighted by Crippen LogP contribution is 2.41. The topological polar surface area (TPSA) is 72.3 Å². The fourth-order valence-electron chi connectivity index (χ4n) is 4.51. The first-order valence-electron chi connectivity index (χ1n) is 11.1. The second kappa shape index (κ2) is 9.70. The van der Waals surface area contributed by atoms with Crippen LogP contribution in [-0.2, 0) is 9.53 Å². The zero-order valence-corrected chi connectivity index (χ0v) is 20.2. The van der Waals surface area contributed by atoms with Gasteiger partial charge in [-0.3, -0.25) is 9.78 Å². The molecule has 2 atom stereocenters. The number of ether oxygens (including phenoxy) is 1. The molecule has 4 rings (SSSR count). The van der Waals surface area contributed by atoms with Crippen molar-refractivity contribution < 1.29 is 9.53 Å². The number of nitrogens with zero attached hydrogens (tertiary/aromatic N) is 4. The molecule has 4 heterocycles. The average molecular weight is 464 g/mol. The van der Waals surface area contributed by atoms with Gasteiger partial charge in [0.25, 0.3) is 0 Å². The molecule has 0 amide bonds. The minimum atomic E-state index is -0.213. The Bertz CT molecular complexity index is 1140. The van der Waals surface area contributed by atoms with Gasteiger partial charge in [-0.1, -0.05) is 12.1 Å². The maximum atomic E-state index is 11.7. The Kier molecular flexibility index (Phi) is 6.74. The summed E-state index contributed by atoms with van der Waals surface area (Å²) in [5.74, 6) is 0.677. The second-order valence-corrected chi connectivity index (χ2v) is 8.74. The fraction of sp³-hybridized carbons (Fsp3) is 0.360. The zero-order chi connectivity index (χ0) is 23.5. The molecule has 0 saturated carbocycles. The fourth-order valence-corrected chi connectivity index (χ4v) is 4.84. The lowest BCUT2D eigenvalue weighted by Gasteiger charge is -2.28. The number of thiocarbonyl (C=S) groups is 1. The van der Waals surface area contributed by atoms with E-state index in [0.29, 0.717) is 24.5 Å². The summed E-state index contributed by atoms with van der Waals surface area (Å²) >= 11 is 5.74. The number of hydrogen-bond donors (Lipinski definition) is 1. The molecule has 33 heavy (non-hydrogen) atoms. The van der Waals surface area contributed by atoms with E-state index in [0.717, 1.165) is 34.0 Å². The number of pyridine rings is 2. The summed E-state index contributed by atoms with van der Waals surface area (Å²) in [6, 6.07) is 12.1. The third-order valence-corrected chi connectivity index (χ3v) is 6.47. The predicted molar refractivity (Wildman–Crippen MR) is 131 cm³/mol. The van der Waals surface area contributed by atoms with Crippen LogP contribution in [0, 0.1) is 20.8 Å². The summed E-state index contributed by atoms with van der Waals surface area (Å²) in [6.07, 6.45) is 4.69. The van der Waals surface area contributed by atoms with Crippen molar-refractivity contribution >= 4 is 23.3 Å². The summed E-state index contributed by atoms with van der Waals surface area (Å²) in [5, 5.41) is 4.14. The zero-order valence-electron chi connectivity index (χ0n) is 19.4. The SMILES string of the molecule is COC(=O)CCCN1C(=S)N[C@@H](c2ccccn2)[C@H]1c1cc(C)n(-c2ccc(C)cn2)c1C. The lowest BCUT2D eigenvalue weighted by atomic mass is 9.96. The molecule has 8 heteroatoms. The average Bonchev–Trinajstić information content (AvgIpc) is 3.30. The van der Waals surface area contributed by atoms with Gasteiger partial charge in [-0.2, -0.15) is 0 Å². The molecule has 0 radical (unpaired) electrons. The molecular weight excluding hydrogens is 434 g/mol. The monoisotopic (exact) mass is 463 g/mol. The molecule has 3 aromatic rings. The van der Waals surface area contributed by atoms with Crippen molar-refractivity contribution in [2.24, 2.45) is 0 Å². The first-order chi connectivity index (χ1) is 15.9. The minimum Gasteiger partial charge on any atom is -0.469 e. The molecule has 3 aromatic heterocycles. The number of esters is 1. The molecule has 0 spiro atoms. The van der Waals surface area contributed by atoms with Crippen LogP contribution in [0.4, 0.5) is 0 Å². The maximum absolute atomic E-state index is 11.7. The summed E-state index contributed by atoms with van der Waals surface area (Å²) < 4.78 is 6.99. The van der Waals surface area contributed by atoms with Crippen molar-refractivity contribution in [3.8, 4) is 5.82 Å². The molecule has 1 aliphatic rings. The molecule has 7 nitrogen and oxygen atoms in total. The number of hydrogen-bond acceptors (Lipinski definition) is 5. The van der Waals surface area contributed by atoms with E-state index in [2.05, 4.69) is 50.7 Å². The van der Waals surface area contributed by atoms with Gasteiger partial charge in [0.2, 0.25) is 0 Å². The highest BCUT2D eigenvalue weighted by molar-refractivity contribution is 7.80. The van der Waals surface area contributed by atoms with E-state index < -0.39 is 0 Å². The van der Waals surface area contributed by atoms with Crippen LogP contribution in [0.3, 0.4) is 0 Å². The Labute approximate surface area is 199 Å².